The summed E-state index contributed by atoms with van der Waals surface area (Å²) >= 11 is 0. The number of nitrogens with one attached hydrogen (secondary N) is 1. The molecule has 3 aromatic rings. The summed E-state index contributed by atoms with van der Waals surface area (Å²) < 4.78 is 12.6. The van der Waals surface area contributed by atoms with E-state index in [1.165, 1.54) is 11.0 Å². The molecule has 0 aliphatic rings. The third kappa shape index (κ3) is 4.35. The zero-order valence-corrected chi connectivity index (χ0v) is 14.5. The van der Waals surface area contributed by atoms with Crippen molar-refractivity contribution in [3.05, 3.63) is 54.9 Å². The van der Waals surface area contributed by atoms with Crippen LogP contribution in [0, 0.1) is 0 Å². The molecule has 26 heavy (non-hydrogen) atoms. The van der Waals surface area contributed by atoms with Gasteiger partial charge in [0, 0.05) is 5.69 Å². The Hall–Kier alpha value is -3.42. The number of amides is 1. The number of nitrogens with zero attached hydrogens (tertiary/aromatic N) is 4. The lowest BCUT2D eigenvalue weighted by molar-refractivity contribution is -0.122. The van der Waals surface area contributed by atoms with Crippen molar-refractivity contribution in [1.29, 1.82) is 0 Å². The SMILES string of the molecule is CCOc1ccc(NC(=O)C(C)Oc2ccc(-n3cnnn3)cc2)cc1. The molecule has 0 radical (unpaired) electrons. The molecule has 1 unspecified atom stereocenters. The Morgan fingerprint density at radius 1 is 1.12 bits per heavy atom. The second-order valence-corrected chi connectivity index (χ2v) is 5.46. The minimum Gasteiger partial charge on any atom is -0.494 e. The van der Waals surface area contributed by atoms with Crippen LogP contribution in [0.1, 0.15) is 13.8 Å². The number of anilines is 1. The maximum absolute atomic E-state index is 12.3. The van der Waals surface area contributed by atoms with Crippen molar-refractivity contribution in [2.75, 3.05) is 11.9 Å². The van der Waals surface area contributed by atoms with E-state index in [-0.39, 0.29) is 5.91 Å². The van der Waals surface area contributed by atoms with Crippen molar-refractivity contribution in [2.24, 2.45) is 0 Å². The Labute approximate surface area is 150 Å². The van der Waals surface area contributed by atoms with Crippen LogP contribution in [0.2, 0.25) is 0 Å². The van der Waals surface area contributed by atoms with Crippen molar-refractivity contribution in [3.8, 4) is 17.2 Å². The van der Waals surface area contributed by atoms with E-state index in [0.29, 0.717) is 18.0 Å². The van der Waals surface area contributed by atoms with Crippen LogP contribution in [0.5, 0.6) is 11.5 Å². The number of hydrogen-bond donors (Lipinski definition) is 1. The molecule has 1 aromatic heterocycles. The second kappa shape index (κ2) is 8.11. The molecule has 0 aliphatic carbocycles. The van der Waals surface area contributed by atoms with Crippen molar-refractivity contribution >= 4 is 11.6 Å². The third-order valence-corrected chi connectivity index (χ3v) is 3.57. The van der Waals surface area contributed by atoms with Crippen LogP contribution in [0.4, 0.5) is 5.69 Å². The van der Waals surface area contributed by atoms with E-state index in [1.807, 2.05) is 31.2 Å². The fourth-order valence-corrected chi connectivity index (χ4v) is 2.26. The zero-order chi connectivity index (χ0) is 18.4. The van der Waals surface area contributed by atoms with Gasteiger partial charge in [-0.25, -0.2) is 4.68 Å². The zero-order valence-electron chi connectivity index (χ0n) is 14.5. The highest BCUT2D eigenvalue weighted by atomic mass is 16.5. The van der Waals surface area contributed by atoms with Crippen molar-refractivity contribution in [3.63, 3.8) is 0 Å². The molecule has 0 saturated heterocycles. The fourth-order valence-electron chi connectivity index (χ4n) is 2.26. The van der Waals surface area contributed by atoms with Crippen LogP contribution in [-0.2, 0) is 4.79 Å². The number of rotatable bonds is 7. The highest BCUT2D eigenvalue weighted by Crippen LogP contribution is 2.18. The normalized spacial score (nSPS) is 11.6. The molecule has 134 valence electrons. The number of tetrazole rings is 1. The number of carbonyl (C=O) groups is 1. The number of ether oxygens (including phenoxy) is 2. The Morgan fingerprint density at radius 3 is 2.42 bits per heavy atom. The molecule has 0 bridgehead atoms. The van der Waals surface area contributed by atoms with Crippen molar-refractivity contribution in [2.45, 2.75) is 20.0 Å². The molecule has 1 amide bonds. The minimum absolute atomic E-state index is 0.237. The first-order valence-corrected chi connectivity index (χ1v) is 8.19. The lowest BCUT2D eigenvalue weighted by atomic mass is 10.2. The summed E-state index contributed by atoms with van der Waals surface area (Å²) in [6.07, 6.45) is 0.850. The van der Waals surface area contributed by atoms with Gasteiger partial charge < -0.3 is 14.8 Å². The van der Waals surface area contributed by atoms with E-state index < -0.39 is 6.10 Å². The average Bonchev–Trinajstić information content (AvgIpc) is 3.19. The quantitative estimate of drug-likeness (QED) is 0.702. The van der Waals surface area contributed by atoms with Crippen LogP contribution in [-0.4, -0.2) is 38.8 Å². The summed E-state index contributed by atoms with van der Waals surface area (Å²) in [6.45, 7) is 4.21. The van der Waals surface area contributed by atoms with Gasteiger partial charge in [0.1, 0.15) is 17.8 Å². The maximum Gasteiger partial charge on any atom is 0.265 e. The summed E-state index contributed by atoms with van der Waals surface area (Å²) in [7, 11) is 0. The van der Waals surface area contributed by atoms with Gasteiger partial charge in [0.15, 0.2) is 6.10 Å². The molecule has 0 saturated carbocycles. The summed E-state index contributed by atoms with van der Waals surface area (Å²) in [5.74, 6) is 1.10. The predicted octanol–water partition coefficient (Wildman–Crippen LogP) is 2.47. The van der Waals surface area contributed by atoms with Gasteiger partial charge in [-0.15, -0.1) is 5.10 Å². The molecular formula is C18H19N5O3. The van der Waals surface area contributed by atoms with Gasteiger partial charge in [0.2, 0.25) is 0 Å². The molecule has 0 spiro atoms. The lowest BCUT2D eigenvalue weighted by Crippen LogP contribution is -2.30. The fraction of sp³-hybridized carbons (Fsp3) is 0.222. The van der Waals surface area contributed by atoms with Gasteiger partial charge >= 0.3 is 0 Å². The smallest absolute Gasteiger partial charge is 0.265 e. The number of hydrogen-bond acceptors (Lipinski definition) is 6. The van der Waals surface area contributed by atoms with Gasteiger partial charge in [-0.1, -0.05) is 0 Å². The molecule has 2 aromatic carbocycles. The van der Waals surface area contributed by atoms with Gasteiger partial charge in [-0.05, 0) is 72.8 Å². The summed E-state index contributed by atoms with van der Waals surface area (Å²) in [5, 5.41) is 13.8. The minimum atomic E-state index is -0.652. The predicted molar refractivity (Wildman–Crippen MR) is 95.5 cm³/mol. The van der Waals surface area contributed by atoms with E-state index in [2.05, 4.69) is 20.8 Å². The first kappa shape index (κ1) is 17.4. The molecular weight excluding hydrogens is 334 g/mol. The summed E-state index contributed by atoms with van der Waals surface area (Å²) in [4.78, 5) is 12.3. The second-order valence-electron chi connectivity index (χ2n) is 5.46. The standard InChI is InChI=1S/C18H19N5O3/c1-3-25-16-8-4-14(5-9-16)20-18(24)13(2)26-17-10-6-15(7-11-17)23-12-19-21-22-23/h4-13H,3H2,1-2H3,(H,20,24). The van der Waals surface area contributed by atoms with Crippen molar-refractivity contribution < 1.29 is 14.3 Å². The summed E-state index contributed by atoms with van der Waals surface area (Å²) in [6, 6.07) is 14.3. The third-order valence-electron chi connectivity index (χ3n) is 3.57. The lowest BCUT2D eigenvalue weighted by Gasteiger charge is -2.15. The Bertz CT molecular complexity index is 832. The molecule has 8 nitrogen and oxygen atoms in total. The molecule has 3 rings (SSSR count). The number of carbonyl (C=O) groups excluding carboxylic acids is 1. The van der Waals surface area contributed by atoms with Crippen LogP contribution in [0.25, 0.3) is 5.69 Å². The number of benzene rings is 2. The van der Waals surface area contributed by atoms with Crippen LogP contribution in [0.15, 0.2) is 54.9 Å². The van der Waals surface area contributed by atoms with Gasteiger partial charge in [0.25, 0.3) is 5.91 Å². The monoisotopic (exact) mass is 353 g/mol. The van der Waals surface area contributed by atoms with Gasteiger partial charge in [-0.3, -0.25) is 4.79 Å². The molecule has 0 aliphatic heterocycles. The largest absolute Gasteiger partial charge is 0.494 e. The maximum atomic E-state index is 12.3. The van der Waals surface area contributed by atoms with Crippen molar-refractivity contribution in [1.82, 2.24) is 20.2 Å². The summed E-state index contributed by atoms with van der Waals surface area (Å²) in [5.41, 5.74) is 1.48. The topological polar surface area (TPSA) is 91.2 Å². The Balaban J connectivity index is 1.56. The average molecular weight is 353 g/mol. The molecule has 1 heterocycles. The van der Waals surface area contributed by atoms with E-state index in [1.54, 1.807) is 31.2 Å². The van der Waals surface area contributed by atoms with Gasteiger partial charge in [-0.2, -0.15) is 0 Å². The van der Waals surface area contributed by atoms with E-state index >= 15 is 0 Å². The molecule has 1 N–H and O–H groups in total. The molecule has 8 heteroatoms. The Morgan fingerprint density at radius 2 is 1.81 bits per heavy atom. The van der Waals surface area contributed by atoms with Gasteiger partial charge in [0.05, 0.1) is 12.3 Å². The van der Waals surface area contributed by atoms with Crippen LogP contribution >= 0.6 is 0 Å². The van der Waals surface area contributed by atoms with E-state index in [4.69, 9.17) is 9.47 Å². The highest BCUT2D eigenvalue weighted by molar-refractivity contribution is 5.94. The molecule has 1 atom stereocenters. The first-order chi connectivity index (χ1) is 12.7. The van der Waals surface area contributed by atoms with Crippen LogP contribution in [0.3, 0.4) is 0 Å². The van der Waals surface area contributed by atoms with Crippen LogP contribution < -0.4 is 14.8 Å². The van der Waals surface area contributed by atoms with E-state index in [9.17, 15) is 4.79 Å². The highest BCUT2D eigenvalue weighted by Gasteiger charge is 2.15. The molecule has 0 fully saturated rings. The number of aromatic nitrogens is 4. The Kier molecular flexibility index (Phi) is 5.43. The van der Waals surface area contributed by atoms with E-state index in [0.717, 1.165) is 11.4 Å². The first-order valence-electron chi connectivity index (χ1n) is 8.19.